The van der Waals surface area contributed by atoms with E-state index in [-0.39, 0.29) is 116 Å². The van der Waals surface area contributed by atoms with Crippen LogP contribution < -0.4 is 31.9 Å². The van der Waals surface area contributed by atoms with Crippen LogP contribution in [0.3, 0.4) is 0 Å². The quantitative estimate of drug-likeness (QED) is 0.0245. The van der Waals surface area contributed by atoms with Crippen LogP contribution >= 0.6 is 114 Å². The van der Waals surface area contributed by atoms with Gasteiger partial charge in [0.2, 0.25) is 0 Å². The number of nitrogens with one attached hydrogen (secondary N) is 6. The lowest BCUT2D eigenvalue weighted by molar-refractivity contribution is -0.119. The van der Waals surface area contributed by atoms with Gasteiger partial charge in [0, 0.05) is 86.7 Å². The van der Waals surface area contributed by atoms with Crippen LogP contribution in [0.2, 0.25) is 0 Å². The SMILES string of the molecule is C=C1NC(=O)C=CN1[C@@H]1O[C@H](CCP(=C)(C)C)[C@@H](O)[C@H]1Br.C=C1NC(=O)C=CN1[C@@H]1O[C@H](CCP(=C)(C)C)[C@@H](O)[C@H]1C.C=C1NC(=O)C=CN1[C@@H]1O[C@H](CCP(=C)(C)C)[C@@H](O)[C@H]1Cl.C=C1NC(=O)C=CN1[C@@H]1O[C@H](CCP(=C)(C)C)[C@@H](O)[C@H]1I.C=C1NC(=O)C=CN1[C@@H]1O[C@H](CCP(=C)(C)C)[C@@H](O)[C@H]1I.C=C1NC(=O)C=CN1[C@@H]1O[C@H](CCP(=C)(C)C)[C@@H](O)[C@H]1OC. The molecule has 12 aliphatic heterocycles. The molecule has 127 heavy (non-hydrogen) atoms. The number of rotatable bonds is 25. The molecular weight excluding hydrogens is 2060 g/mol. The maximum atomic E-state index is 11.3. The molecular formula is C86H138BrClI2N12O19P6. The zero-order chi connectivity index (χ0) is 95.4. The number of methoxy groups -OCH3 is 1. The summed E-state index contributed by atoms with van der Waals surface area (Å²) in [5.41, 5.74) is 0. The van der Waals surface area contributed by atoms with Gasteiger partial charge >= 0.3 is 0 Å². The van der Waals surface area contributed by atoms with E-state index in [0.717, 1.165) is 75.5 Å². The summed E-state index contributed by atoms with van der Waals surface area (Å²) in [5.74, 6) is 1.40. The second kappa shape index (κ2) is 47.0. The molecule has 12 heterocycles. The van der Waals surface area contributed by atoms with Gasteiger partial charge in [0.15, 0.2) is 18.7 Å². The lowest BCUT2D eigenvalue weighted by Crippen LogP contribution is -2.47. The van der Waals surface area contributed by atoms with Crippen LogP contribution in [0.15, 0.2) is 148 Å². The van der Waals surface area contributed by atoms with Crippen molar-refractivity contribution in [3.63, 3.8) is 0 Å². The molecule has 714 valence electrons. The minimum atomic E-state index is -1.18. The molecule has 0 unspecified atom stereocenters. The smallest absolute Gasteiger partial charge is 0.250 e. The first-order valence-electron chi connectivity index (χ1n) is 41.6. The van der Waals surface area contributed by atoms with E-state index in [1.807, 2.05) is 6.92 Å². The highest BCUT2D eigenvalue weighted by Gasteiger charge is 2.52. The van der Waals surface area contributed by atoms with Gasteiger partial charge in [0.05, 0.1) is 73.7 Å². The molecule has 0 aliphatic carbocycles. The van der Waals surface area contributed by atoms with Crippen molar-refractivity contribution < 1.29 is 92.6 Å². The van der Waals surface area contributed by atoms with Crippen LogP contribution in [-0.2, 0) is 61.9 Å². The van der Waals surface area contributed by atoms with Crippen molar-refractivity contribution in [3.05, 3.63) is 148 Å². The molecule has 0 saturated carbocycles. The Morgan fingerprint density at radius 3 is 0.850 bits per heavy atom. The highest BCUT2D eigenvalue weighted by molar-refractivity contribution is 14.1. The Hall–Kier alpha value is -3.99. The first kappa shape index (κ1) is 110. The summed E-state index contributed by atoms with van der Waals surface area (Å²) < 4.78 is 41.2. The van der Waals surface area contributed by atoms with Gasteiger partial charge in [-0.25, -0.2) is 0 Å². The molecule has 12 aliphatic rings. The fourth-order valence-electron chi connectivity index (χ4n) is 14.8. The first-order valence-corrected chi connectivity index (χ1v) is 63.8. The van der Waals surface area contributed by atoms with Crippen LogP contribution in [0.25, 0.3) is 0 Å². The van der Waals surface area contributed by atoms with Gasteiger partial charge in [0.1, 0.15) is 77.3 Å². The second-order valence-corrected chi connectivity index (χ2v) is 67.7. The Bertz CT molecular complexity index is 4010. The van der Waals surface area contributed by atoms with Crippen molar-refractivity contribution in [1.29, 1.82) is 0 Å². The van der Waals surface area contributed by atoms with Crippen molar-refractivity contribution >= 4 is 187 Å². The van der Waals surface area contributed by atoms with E-state index >= 15 is 0 Å². The highest BCUT2D eigenvalue weighted by atomic mass is 127. The molecule has 0 aromatic carbocycles. The van der Waals surface area contributed by atoms with E-state index in [4.69, 9.17) is 44.8 Å². The standard InChI is InChI=1S/C15H25N2O4P.C15H25N2O3P.C14H22BrN2O3P.C14H22ClN2O3P.2C14H22IN2O3P/c1-10-16-12(18)6-8-17(10)15-14(20-2)13(19)11(21-15)7-9-22(3,4)5;1-10-14(19)12(7-9-21(3,4)5)20-15(10)17-8-6-13(18)16-11(17)2;4*1-9-16-11(18)5-7-17(9)14-12(15)13(19)10(20-14)6-8-21(2,3)4/h6,8,11,13-15,19H,1,3,7,9H2,2,4-5H3,(H,16,18);6,8,10,12,14-15,19H,2-3,7,9H2,1,4-5H3,(H,16,18);4*5,7,10,12-14,19H,1-2,6,8H2,3-4H3,(H,16,18)/t11-,13-,14-,15-;10-,12-,14+,15-;4*10-,12-,13-,14-/m111111/s1. The molecule has 6 amide bonds. The van der Waals surface area contributed by atoms with E-state index in [1.165, 1.54) is 36.5 Å². The van der Waals surface area contributed by atoms with Gasteiger partial charge in [-0.1, -0.05) is 108 Å². The van der Waals surface area contributed by atoms with Crippen LogP contribution in [-0.4, -0.2) is 392 Å². The van der Waals surface area contributed by atoms with Gasteiger partial charge in [-0.15, -0.1) is 90.7 Å². The van der Waals surface area contributed by atoms with Gasteiger partial charge in [-0.2, -0.15) is 0 Å². The average Bonchev–Trinajstić information content (AvgIpc) is 1.68. The largest absolute Gasteiger partial charge is 0.390 e. The minimum absolute atomic E-state index is 0.0577. The number of alkyl halides is 4. The number of aliphatic hydroxyl groups is 6. The molecule has 0 radical (unpaired) electrons. The first-order chi connectivity index (χ1) is 58.7. The fourth-order valence-corrected chi connectivity index (χ4v) is 23.5. The summed E-state index contributed by atoms with van der Waals surface area (Å²) in [7, 11) is 1.54. The van der Waals surface area contributed by atoms with Gasteiger partial charge in [0.25, 0.3) is 35.4 Å². The number of carbonyl (C=O) groups is 6. The number of halogens is 4. The van der Waals surface area contributed by atoms with E-state index < -0.39 is 102 Å². The molecule has 6 fully saturated rings. The Balaban J connectivity index is 0.000000209. The van der Waals surface area contributed by atoms with E-state index in [0.29, 0.717) is 34.9 Å². The maximum Gasteiger partial charge on any atom is 0.250 e. The number of amides is 6. The van der Waals surface area contributed by atoms with Crippen LogP contribution in [0.4, 0.5) is 0 Å². The third-order valence-electron chi connectivity index (χ3n) is 22.0. The summed E-state index contributed by atoms with van der Waals surface area (Å²) in [5, 5.41) is 77.4. The highest BCUT2D eigenvalue weighted by Crippen LogP contribution is 2.47. The number of aliphatic hydroxyl groups excluding tert-OH is 6. The third kappa shape index (κ3) is 32.6. The summed E-state index contributed by atoms with van der Waals surface area (Å²) in [6, 6.07) is 0. The Morgan fingerprint density at radius 2 is 0.567 bits per heavy atom. The molecule has 12 N–H and O–H groups in total. The zero-order valence-electron chi connectivity index (χ0n) is 75.6. The van der Waals surface area contributed by atoms with E-state index in [9.17, 15) is 59.4 Å². The normalized spacial score (nSPS) is 33.3. The lowest BCUT2D eigenvalue weighted by atomic mass is 10.00. The molecule has 12 rings (SSSR count). The van der Waals surface area contributed by atoms with Crippen molar-refractivity contribution in [1.82, 2.24) is 61.3 Å². The molecule has 0 aromatic heterocycles. The monoisotopic (exact) mass is 2200 g/mol. The van der Waals surface area contributed by atoms with Gasteiger partial charge < -0.3 is 125 Å². The number of hydrogen-bond donors (Lipinski definition) is 12. The number of carbonyl (C=O) groups excluding carboxylic acids is 6. The Kier molecular flexibility index (Phi) is 40.7. The van der Waals surface area contributed by atoms with Crippen molar-refractivity contribution in [2.24, 2.45) is 5.92 Å². The summed E-state index contributed by atoms with van der Waals surface area (Å²) in [6.45, 7) is 44.0. The predicted molar refractivity (Wildman–Crippen MR) is 548 cm³/mol. The maximum absolute atomic E-state index is 11.3. The molecule has 41 heteroatoms. The lowest BCUT2D eigenvalue weighted by Gasteiger charge is -2.33. The van der Waals surface area contributed by atoms with Crippen molar-refractivity contribution in [2.45, 2.75) is 180 Å². The van der Waals surface area contributed by atoms with Gasteiger partial charge in [-0.05, 0) is 155 Å². The predicted octanol–water partition coefficient (Wildman–Crippen LogP) is 7.16. The molecule has 24 atom stereocenters. The number of hydrogen-bond acceptors (Lipinski definition) is 25. The van der Waals surface area contributed by atoms with E-state index in [1.54, 1.807) is 73.7 Å². The minimum Gasteiger partial charge on any atom is -0.390 e. The summed E-state index contributed by atoms with van der Waals surface area (Å²) in [6.07, 6.45) is 45.9. The molecule has 0 aromatic rings. The van der Waals surface area contributed by atoms with Crippen LogP contribution in [0, 0.1) is 5.92 Å². The summed E-state index contributed by atoms with van der Waals surface area (Å²) in [4.78, 5) is 77.8. The topological polar surface area (TPSA) is 380 Å². The van der Waals surface area contributed by atoms with Gasteiger partial charge in [-0.3, -0.25) is 28.8 Å². The fraction of sp³-hybridized carbons (Fsp3) is 0.581. The molecule has 0 spiro atoms. The van der Waals surface area contributed by atoms with Crippen molar-refractivity contribution in [2.75, 3.05) is 124 Å². The molecule has 0 bridgehead atoms. The van der Waals surface area contributed by atoms with Crippen molar-refractivity contribution in [3.8, 4) is 0 Å². The third-order valence-corrected chi connectivity index (χ3v) is 35.0. The Morgan fingerprint density at radius 1 is 0.354 bits per heavy atom. The van der Waals surface area contributed by atoms with Crippen LogP contribution in [0.5, 0.6) is 0 Å². The van der Waals surface area contributed by atoms with E-state index in [2.05, 4.69) is 250 Å². The molecule has 6 saturated heterocycles. The number of ether oxygens (including phenoxy) is 7. The van der Waals surface area contributed by atoms with Crippen LogP contribution in [0.1, 0.15) is 45.4 Å². The zero-order valence-corrected chi connectivity index (χ0v) is 87.6. The summed E-state index contributed by atoms with van der Waals surface area (Å²) >= 11 is 14.2. The number of nitrogens with zero attached hydrogens (tertiary/aromatic N) is 6. The second-order valence-electron chi connectivity index (χ2n) is 37.3. The molecule has 31 nitrogen and oxygen atoms in total. The Labute approximate surface area is 793 Å². The average molecular weight is 2200 g/mol.